The lowest BCUT2D eigenvalue weighted by Gasteiger charge is -2.24. The van der Waals surface area contributed by atoms with E-state index in [-0.39, 0.29) is 17.5 Å². The van der Waals surface area contributed by atoms with E-state index in [1.807, 2.05) is 0 Å². The van der Waals surface area contributed by atoms with Gasteiger partial charge in [-0.2, -0.15) is 0 Å². The van der Waals surface area contributed by atoms with Gasteiger partial charge in [-0.25, -0.2) is 4.79 Å². The van der Waals surface area contributed by atoms with E-state index in [4.69, 9.17) is 4.74 Å². The van der Waals surface area contributed by atoms with Crippen molar-refractivity contribution in [2.75, 3.05) is 6.61 Å². The number of esters is 1. The van der Waals surface area contributed by atoms with E-state index in [0.29, 0.717) is 6.61 Å². The maximum atomic E-state index is 12.0. The van der Waals surface area contributed by atoms with Crippen LogP contribution in [0.5, 0.6) is 0 Å². The molecule has 1 unspecified atom stereocenters. The normalized spacial score (nSPS) is 17.9. The first-order valence-electron chi connectivity index (χ1n) is 6.72. The minimum Gasteiger partial charge on any atom is -0.463 e. The van der Waals surface area contributed by atoms with E-state index in [1.54, 1.807) is 13.8 Å². The molecule has 0 spiro atoms. The minimum absolute atomic E-state index is 0.125. The molecule has 0 bridgehead atoms. The summed E-state index contributed by atoms with van der Waals surface area (Å²) < 4.78 is 4.85. The first-order chi connectivity index (χ1) is 8.56. The highest BCUT2D eigenvalue weighted by atomic mass is 16.5. The lowest BCUT2D eigenvalue weighted by atomic mass is 9.94. The van der Waals surface area contributed by atoms with Crippen molar-refractivity contribution in [3.05, 3.63) is 12.2 Å². The van der Waals surface area contributed by atoms with Crippen molar-refractivity contribution in [1.29, 1.82) is 0 Å². The first kappa shape index (κ1) is 14.7. The molecule has 1 aliphatic carbocycles. The molecule has 1 fully saturated rings. The zero-order valence-corrected chi connectivity index (χ0v) is 11.3. The van der Waals surface area contributed by atoms with Gasteiger partial charge in [0.05, 0.1) is 12.5 Å². The number of nitrogens with one attached hydrogen (secondary N) is 1. The molecule has 102 valence electrons. The van der Waals surface area contributed by atoms with Gasteiger partial charge < -0.3 is 10.1 Å². The Hall–Kier alpha value is -1.32. The fourth-order valence-electron chi connectivity index (χ4n) is 2.13. The second-order valence-electron chi connectivity index (χ2n) is 4.81. The van der Waals surface area contributed by atoms with Gasteiger partial charge in [0.15, 0.2) is 0 Å². The maximum Gasteiger partial charge on any atom is 0.334 e. The van der Waals surface area contributed by atoms with Crippen LogP contribution in [0.2, 0.25) is 0 Å². The van der Waals surface area contributed by atoms with Crippen LogP contribution in [-0.4, -0.2) is 24.5 Å². The molecular formula is C14H23NO3. The quantitative estimate of drug-likeness (QED) is 0.603. The van der Waals surface area contributed by atoms with E-state index < -0.39 is 11.9 Å². The summed E-state index contributed by atoms with van der Waals surface area (Å²) in [5, 5.41) is 2.99. The van der Waals surface area contributed by atoms with Crippen LogP contribution in [0.3, 0.4) is 0 Å². The van der Waals surface area contributed by atoms with Crippen LogP contribution in [0.1, 0.15) is 46.0 Å². The summed E-state index contributed by atoms with van der Waals surface area (Å²) in [5.41, 5.74) is 0.227. The second-order valence-corrected chi connectivity index (χ2v) is 4.81. The number of amides is 1. The second kappa shape index (κ2) is 7.19. The molecule has 1 atom stereocenters. The van der Waals surface area contributed by atoms with Crippen molar-refractivity contribution in [2.24, 2.45) is 5.92 Å². The van der Waals surface area contributed by atoms with Gasteiger partial charge in [-0.3, -0.25) is 4.79 Å². The Morgan fingerprint density at radius 1 is 1.33 bits per heavy atom. The number of ether oxygens (including phenoxy) is 1. The molecule has 1 amide bonds. The Labute approximate surface area is 109 Å². The van der Waals surface area contributed by atoms with Gasteiger partial charge >= 0.3 is 5.97 Å². The molecule has 0 heterocycles. The molecule has 18 heavy (non-hydrogen) atoms. The van der Waals surface area contributed by atoms with Crippen LogP contribution >= 0.6 is 0 Å². The molecule has 1 aliphatic rings. The van der Waals surface area contributed by atoms with Crippen molar-refractivity contribution < 1.29 is 14.3 Å². The van der Waals surface area contributed by atoms with Crippen molar-refractivity contribution in [3.63, 3.8) is 0 Å². The summed E-state index contributed by atoms with van der Waals surface area (Å²) in [6.45, 7) is 7.38. The molecule has 0 aliphatic heterocycles. The Bertz CT molecular complexity index is 319. The Balaban J connectivity index is 2.44. The fraction of sp³-hybridized carbons (Fsp3) is 0.714. The average molecular weight is 253 g/mol. The largest absolute Gasteiger partial charge is 0.463 e. The van der Waals surface area contributed by atoms with E-state index in [2.05, 4.69) is 11.9 Å². The molecule has 1 rings (SSSR count). The molecule has 0 aromatic rings. The number of hydrogen-bond acceptors (Lipinski definition) is 3. The molecule has 4 nitrogen and oxygen atoms in total. The zero-order chi connectivity index (χ0) is 13.5. The van der Waals surface area contributed by atoms with Crippen molar-refractivity contribution in [2.45, 2.75) is 52.0 Å². The highest BCUT2D eigenvalue weighted by Gasteiger charge is 2.25. The van der Waals surface area contributed by atoms with Gasteiger partial charge in [0, 0.05) is 11.6 Å². The number of hydrogen-bond donors (Lipinski definition) is 1. The van der Waals surface area contributed by atoms with Crippen LogP contribution < -0.4 is 5.32 Å². The van der Waals surface area contributed by atoms with Crippen LogP contribution in [0, 0.1) is 5.92 Å². The van der Waals surface area contributed by atoms with Crippen molar-refractivity contribution >= 4 is 11.9 Å². The topological polar surface area (TPSA) is 55.4 Å². The Kier molecular flexibility index (Phi) is 5.89. The van der Waals surface area contributed by atoms with Crippen LogP contribution in [0.4, 0.5) is 0 Å². The fourth-order valence-corrected chi connectivity index (χ4v) is 2.13. The minimum atomic E-state index is -0.522. The zero-order valence-electron chi connectivity index (χ0n) is 11.3. The van der Waals surface area contributed by atoms with E-state index in [1.165, 1.54) is 6.42 Å². The third-order valence-corrected chi connectivity index (χ3v) is 3.41. The van der Waals surface area contributed by atoms with E-state index in [9.17, 15) is 9.59 Å². The SMILES string of the molecule is C=C(C(=O)OCC)C(C)C(=O)NC1CCCCC1. The molecule has 0 radical (unpaired) electrons. The van der Waals surface area contributed by atoms with Gasteiger partial charge in [-0.1, -0.05) is 25.8 Å². The summed E-state index contributed by atoms with van der Waals surface area (Å²) in [7, 11) is 0. The van der Waals surface area contributed by atoms with Crippen LogP contribution in [-0.2, 0) is 14.3 Å². The van der Waals surface area contributed by atoms with Gasteiger partial charge in [-0.05, 0) is 26.7 Å². The summed E-state index contributed by atoms with van der Waals surface area (Å²) >= 11 is 0. The maximum absolute atomic E-state index is 12.0. The van der Waals surface area contributed by atoms with Crippen molar-refractivity contribution in [3.8, 4) is 0 Å². The highest BCUT2D eigenvalue weighted by molar-refractivity contribution is 5.96. The average Bonchev–Trinajstić information content (AvgIpc) is 2.38. The lowest BCUT2D eigenvalue weighted by Crippen LogP contribution is -2.40. The Morgan fingerprint density at radius 3 is 2.50 bits per heavy atom. The predicted octanol–water partition coefficient (Wildman–Crippen LogP) is 2.19. The van der Waals surface area contributed by atoms with Crippen LogP contribution in [0.25, 0.3) is 0 Å². The molecule has 0 aromatic heterocycles. The van der Waals surface area contributed by atoms with Gasteiger partial charge in [-0.15, -0.1) is 0 Å². The third kappa shape index (κ3) is 4.17. The van der Waals surface area contributed by atoms with Gasteiger partial charge in [0.25, 0.3) is 0 Å². The molecule has 1 saturated carbocycles. The molecule has 0 saturated heterocycles. The standard InChI is InChI=1S/C14H23NO3/c1-4-18-14(17)11(3)10(2)13(16)15-12-8-6-5-7-9-12/h10,12H,3-9H2,1-2H3,(H,15,16). The first-order valence-corrected chi connectivity index (χ1v) is 6.72. The predicted molar refractivity (Wildman–Crippen MR) is 70.0 cm³/mol. The molecule has 4 heteroatoms. The smallest absolute Gasteiger partial charge is 0.334 e. The third-order valence-electron chi connectivity index (χ3n) is 3.41. The monoisotopic (exact) mass is 253 g/mol. The summed E-state index contributed by atoms with van der Waals surface area (Å²) in [5.74, 6) is -1.13. The van der Waals surface area contributed by atoms with Gasteiger partial charge in [0.2, 0.25) is 5.91 Å². The highest BCUT2D eigenvalue weighted by Crippen LogP contribution is 2.19. The Morgan fingerprint density at radius 2 is 1.94 bits per heavy atom. The summed E-state index contributed by atoms with van der Waals surface area (Å²) in [6.07, 6.45) is 5.64. The van der Waals surface area contributed by atoms with Crippen molar-refractivity contribution in [1.82, 2.24) is 5.32 Å². The van der Waals surface area contributed by atoms with E-state index >= 15 is 0 Å². The molecule has 0 aromatic carbocycles. The number of carbonyl (C=O) groups excluding carboxylic acids is 2. The van der Waals surface area contributed by atoms with E-state index in [0.717, 1.165) is 25.7 Å². The molecule has 1 N–H and O–H groups in total. The number of rotatable bonds is 5. The summed E-state index contributed by atoms with van der Waals surface area (Å²) in [4.78, 5) is 23.5. The molecular weight excluding hydrogens is 230 g/mol. The summed E-state index contributed by atoms with van der Waals surface area (Å²) in [6, 6.07) is 0.253. The lowest BCUT2D eigenvalue weighted by molar-refractivity contribution is -0.140. The van der Waals surface area contributed by atoms with Crippen LogP contribution in [0.15, 0.2) is 12.2 Å². The number of carbonyl (C=O) groups is 2. The van der Waals surface area contributed by atoms with Gasteiger partial charge in [0.1, 0.15) is 0 Å².